The summed E-state index contributed by atoms with van der Waals surface area (Å²) in [5.41, 5.74) is 10.6. The quantitative estimate of drug-likeness (QED) is 0.711. The minimum Gasteiger partial charge on any atom is -0.378 e. The Hall–Kier alpha value is -2.60. The lowest BCUT2D eigenvalue weighted by molar-refractivity contribution is 0.0962. The Morgan fingerprint density at radius 1 is 1.12 bits per heavy atom. The average molecular weight is 340 g/mol. The molecule has 3 aromatic rings. The second-order valence-electron chi connectivity index (χ2n) is 5.97. The third-order valence-corrected chi connectivity index (χ3v) is 4.87. The van der Waals surface area contributed by atoms with E-state index < -0.39 is 0 Å². The highest BCUT2D eigenvalue weighted by molar-refractivity contribution is 7.22. The number of thiazole rings is 1. The van der Waals surface area contributed by atoms with Crippen LogP contribution in [0.5, 0.6) is 0 Å². The van der Waals surface area contributed by atoms with E-state index in [4.69, 9.17) is 0 Å². The summed E-state index contributed by atoms with van der Waals surface area (Å²) in [7, 11) is 3.93. The van der Waals surface area contributed by atoms with E-state index in [1.54, 1.807) is 12.1 Å². The van der Waals surface area contributed by atoms with Crippen LogP contribution >= 0.6 is 11.3 Å². The van der Waals surface area contributed by atoms with Gasteiger partial charge in [0.1, 0.15) is 0 Å². The number of amides is 1. The molecule has 124 valence electrons. The molecule has 0 fully saturated rings. The number of aromatic nitrogens is 1. The van der Waals surface area contributed by atoms with Gasteiger partial charge in [0.15, 0.2) is 0 Å². The summed E-state index contributed by atoms with van der Waals surface area (Å²) in [5, 5.41) is 0.678. The van der Waals surface area contributed by atoms with Gasteiger partial charge in [-0.15, -0.1) is 0 Å². The predicted octanol–water partition coefficient (Wildman–Crippen LogP) is 3.74. The SMILES string of the molecule is Cc1cc(C)c2sc(NNC(=O)c3ccc(N(C)C)cc3)nc2c1. The lowest BCUT2D eigenvalue weighted by atomic mass is 10.1. The first-order chi connectivity index (χ1) is 11.4. The maximum atomic E-state index is 12.2. The molecule has 2 N–H and O–H groups in total. The van der Waals surface area contributed by atoms with Gasteiger partial charge in [-0.2, -0.15) is 0 Å². The molecule has 3 rings (SSSR count). The summed E-state index contributed by atoms with van der Waals surface area (Å²) < 4.78 is 1.13. The van der Waals surface area contributed by atoms with Crippen molar-refractivity contribution in [2.75, 3.05) is 24.4 Å². The summed E-state index contributed by atoms with van der Waals surface area (Å²) >= 11 is 1.53. The average Bonchev–Trinajstić information content (AvgIpc) is 2.96. The number of nitrogens with one attached hydrogen (secondary N) is 2. The molecule has 0 bridgehead atoms. The molecule has 0 radical (unpaired) electrons. The zero-order chi connectivity index (χ0) is 17.3. The largest absolute Gasteiger partial charge is 0.378 e. The van der Waals surface area contributed by atoms with Crippen LogP contribution in [-0.2, 0) is 0 Å². The number of benzene rings is 2. The van der Waals surface area contributed by atoms with Crippen molar-refractivity contribution < 1.29 is 4.79 Å². The van der Waals surface area contributed by atoms with E-state index in [9.17, 15) is 4.79 Å². The van der Waals surface area contributed by atoms with Crippen molar-refractivity contribution >= 4 is 38.3 Å². The minimum atomic E-state index is -0.188. The summed E-state index contributed by atoms with van der Waals surface area (Å²) in [6.45, 7) is 4.13. The highest BCUT2D eigenvalue weighted by Gasteiger charge is 2.09. The molecule has 0 aliphatic heterocycles. The van der Waals surface area contributed by atoms with Gasteiger partial charge in [-0.05, 0) is 55.3 Å². The Bertz CT molecular complexity index is 884. The molecule has 0 saturated carbocycles. The van der Waals surface area contributed by atoms with Crippen LogP contribution in [0, 0.1) is 13.8 Å². The number of nitrogens with zero attached hydrogens (tertiary/aromatic N) is 2. The first-order valence-electron chi connectivity index (χ1n) is 7.65. The van der Waals surface area contributed by atoms with Crippen molar-refractivity contribution in [3.05, 3.63) is 53.1 Å². The number of aryl methyl sites for hydroxylation is 2. The van der Waals surface area contributed by atoms with Crippen molar-refractivity contribution in [2.24, 2.45) is 0 Å². The summed E-state index contributed by atoms with van der Waals surface area (Å²) in [6, 6.07) is 11.6. The number of carbonyl (C=O) groups excluding carboxylic acids is 1. The standard InChI is InChI=1S/C18H20N4OS/c1-11-9-12(2)16-15(10-11)19-18(24-16)21-20-17(23)13-5-7-14(8-6-13)22(3)4/h5-10H,1-4H3,(H,19,21)(H,20,23). The summed E-state index contributed by atoms with van der Waals surface area (Å²) in [4.78, 5) is 18.7. The van der Waals surface area contributed by atoms with E-state index in [1.807, 2.05) is 37.2 Å². The van der Waals surface area contributed by atoms with Crippen molar-refractivity contribution in [1.29, 1.82) is 0 Å². The zero-order valence-electron chi connectivity index (χ0n) is 14.2. The van der Waals surface area contributed by atoms with Crippen LogP contribution in [0.1, 0.15) is 21.5 Å². The smallest absolute Gasteiger partial charge is 0.269 e. The molecule has 6 heteroatoms. The van der Waals surface area contributed by atoms with Crippen LogP contribution in [0.15, 0.2) is 36.4 Å². The topological polar surface area (TPSA) is 57.3 Å². The van der Waals surface area contributed by atoms with Crippen LogP contribution < -0.4 is 15.8 Å². The first-order valence-corrected chi connectivity index (χ1v) is 8.47. The van der Waals surface area contributed by atoms with Gasteiger partial charge in [0.25, 0.3) is 5.91 Å². The van der Waals surface area contributed by atoms with Gasteiger partial charge in [0, 0.05) is 25.3 Å². The Kier molecular flexibility index (Phi) is 4.40. The molecule has 0 aliphatic rings. The van der Waals surface area contributed by atoms with E-state index in [-0.39, 0.29) is 5.91 Å². The Balaban J connectivity index is 1.71. The molecule has 24 heavy (non-hydrogen) atoms. The lowest BCUT2D eigenvalue weighted by Gasteiger charge is -2.12. The normalized spacial score (nSPS) is 10.7. The number of carbonyl (C=O) groups is 1. The molecule has 0 unspecified atom stereocenters. The molecule has 0 aliphatic carbocycles. The molecule has 0 saturated heterocycles. The van der Waals surface area contributed by atoms with Crippen molar-refractivity contribution in [1.82, 2.24) is 10.4 Å². The number of hydrogen-bond donors (Lipinski definition) is 2. The molecule has 1 aromatic heterocycles. The molecule has 5 nitrogen and oxygen atoms in total. The molecular formula is C18H20N4OS. The van der Waals surface area contributed by atoms with Crippen LogP contribution in [0.25, 0.3) is 10.2 Å². The van der Waals surface area contributed by atoms with Gasteiger partial charge >= 0.3 is 0 Å². The second kappa shape index (κ2) is 6.49. The predicted molar refractivity (Wildman–Crippen MR) is 101 cm³/mol. The monoisotopic (exact) mass is 340 g/mol. The first kappa shape index (κ1) is 16.3. The van der Waals surface area contributed by atoms with E-state index in [2.05, 4.69) is 35.7 Å². The lowest BCUT2D eigenvalue weighted by Crippen LogP contribution is -2.29. The van der Waals surface area contributed by atoms with Crippen molar-refractivity contribution in [2.45, 2.75) is 13.8 Å². The highest BCUT2D eigenvalue weighted by atomic mass is 32.1. The van der Waals surface area contributed by atoms with E-state index in [0.29, 0.717) is 10.7 Å². The molecule has 2 aromatic carbocycles. The van der Waals surface area contributed by atoms with Gasteiger partial charge in [0.2, 0.25) is 5.13 Å². The second-order valence-corrected chi connectivity index (χ2v) is 6.97. The Labute approximate surface area is 145 Å². The van der Waals surface area contributed by atoms with Crippen molar-refractivity contribution in [3.63, 3.8) is 0 Å². The van der Waals surface area contributed by atoms with Crippen molar-refractivity contribution in [3.8, 4) is 0 Å². The maximum absolute atomic E-state index is 12.2. The van der Waals surface area contributed by atoms with Gasteiger partial charge in [0.05, 0.1) is 10.2 Å². The number of hydrazine groups is 1. The zero-order valence-corrected chi connectivity index (χ0v) is 15.0. The van der Waals surface area contributed by atoms with Crippen LogP contribution in [-0.4, -0.2) is 25.0 Å². The van der Waals surface area contributed by atoms with Crippen LogP contribution in [0.3, 0.4) is 0 Å². The number of rotatable bonds is 4. The molecule has 0 atom stereocenters. The Morgan fingerprint density at radius 2 is 1.83 bits per heavy atom. The summed E-state index contributed by atoms with van der Waals surface area (Å²) in [5.74, 6) is -0.188. The maximum Gasteiger partial charge on any atom is 0.269 e. The minimum absolute atomic E-state index is 0.188. The van der Waals surface area contributed by atoms with Crippen LogP contribution in [0.2, 0.25) is 0 Å². The van der Waals surface area contributed by atoms with Crippen LogP contribution in [0.4, 0.5) is 10.8 Å². The number of hydrogen-bond acceptors (Lipinski definition) is 5. The molecule has 1 amide bonds. The van der Waals surface area contributed by atoms with E-state index >= 15 is 0 Å². The van der Waals surface area contributed by atoms with Gasteiger partial charge in [-0.1, -0.05) is 17.4 Å². The third kappa shape index (κ3) is 3.33. The van der Waals surface area contributed by atoms with Gasteiger partial charge < -0.3 is 4.90 Å². The molecular weight excluding hydrogens is 320 g/mol. The fourth-order valence-corrected chi connectivity index (χ4v) is 3.39. The fraction of sp³-hybridized carbons (Fsp3) is 0.222. The van der Waals surface area contributed by atoms with E-state index in [0.717, 1.165) is 15.9 Å². The fourth-order valence-electron chi connectivity index (χ4n) is 2.52. The third-order valence-electron chi connectivity index (χ3n) is 3.75. The summed E-state index contributed by atoms with van der Waals surface area (Å²) in [6.07, 6.45) is 0. The molecule has 0 spiro atoms. The van der Waals surface area contributed by atoms with Gasteiger partial charge in [-0.25, -0.2) is 4.98 Å². The van der Waals surface area contributed by atoms with Gasteiger partial charge in [-0.3, -0.25) is 15.6 Å². The Morgan fingerprint density at radius 3 is 2.50 bits per heavy atom. The highest BCUT2D eigenvalue weighted by Crippen LogP contribution is 2.29. The van der Waals surface area contributed by atoms with E-state index in [1.165, 1.54) is 22.5 Å². The number of fused-ring (bicyclic) bond motifs is 1. The molecule has 1 heterocycles. The number of anilines is 2.